The van der Waals surface area contributed by atoms with Crippen LogP contribution in [0.4, 0.5) is 11.5 Å². The van der Waals surface area contributed by atoms with E-state index in [4.69, 9.17) is 0 Å². The molecule has 3 rings (SSSR count). The molecule has 0 spiro atoms. The van der Waals surface area contributed by atoms with Crippen LogP contribution >= 0.6 is 24.8 Å². The Balaban J connectivity index is 0.00000169. The Labute approximate surface area is 166 Å². The van der Waals surface area contributed by atoms with Gasteiger partial charge in [0.25, 0.3) is 5.91 Å². The minimum atomic E-state index is -0.240. The van der Waals surface area contributed by atoms with Gasteiger partial charge in [-0.25, -0.2) is 0 Å². The third kappa shape index (κ3) is 5.83. The molecule has 26 heavy (non-hydrogen) atoms. The summed E-state index contributed by atoms with van der Waals surface area (Å²) in [6.45, 7) is 5.79. The molecule has 1 fully saturated rings. The molecule has 1 amide bonds. The maximum Gasteiger partial charge on any atom is 0.276 e. The molecular formula is C18H25Cl2N5O. The van der Waals surface area contributed by atoms with Crippen molar-refractivity contribution in [3.05, 3.63) is 47.7 Å². The van der Waals surface area contributed by atoms with Crippen LogP contribution < -0.4 is 15.5 Å². The average Bonchev–Trinajstić information content (AvgIpc) is 3.15. The van der Waals surface area contributed by atoms with Crippen molar-refractivity contribution >= 4 is 42.2 Å². The zero-order chi connectivity index (χ0) is 16.8. The van der Waals surface area contributed by atoms with E-state index in [0.717, 1.165) is 43.2 Å². The van der Waals surface area contributed by atoms with Gasteiger partial charge >= 0.3 is 0 Å². The van der Waals surface area contributed by atoms with Crippen LogP contribution in [0.1, 0.15) is 35.8 Å². The van der Waals surface area contributed by atoms with E-state index in [9.17, 15) is 4.79 Å². The van der Waals surface area contributed by atoms with Crippen molar-refractivity contribution in [2.24, 2.45) is 0 Å². The average molecular weight is 398 g/mol. The summed E-state index contributed by atoms with van der Waals surface area (Å²) in [6.07, 6.45) is 2.38. The SMILES string of the molecule is CCNCc1cccc(NC(=O)c2ccc(N3CCCC3)nn2)c1.Cl.Cl. The molecule has 2 aromatic rings. The molecule has 2 heterocycles. The zero-order valence-electron chi connectivity index (χ0n) is 14.8. The normalized spacial score (nSPS) is 12.9. The molecule has 1 aromatic carbocycles. The van der Waals surface area contributed by atoms with E-state index in [2.05, 4.69) is 32.7 Å². The predicted octanol–water partition coefficient (Wildman–Crippen LogP) is 3.28. The fourth-order valence-corrected chi connectivity index (χ4v) is 2.78. The second kappa shape index (κ2) is 11.0. The number of rotatable bonds is 6. The van der Waals surface area contributed by atoms with Gasteiger partial charge in [-0.05, 0) is 49.2 Å². The highest BCUT2D eigenvalue weighted by atomic mass is 35.5. The molecule has 0 bridgehead atoms. The molecule has 1 aromatic heterocycles. The number of amides is 1. The molecular weight excluding hydrogens is 373 g/mol. The van der Waals surface area contributed by atoms with Crippen LogP contribution in [0.2, 0.25) is 0 Å². The third-order valence-electron chi connectivity index (χ3n) is 4.08. The van der Waals surface area contributed by atoms with Crippen molar-refractivity contribution in [3.63, 3.8) is 0 Å². The van der Waals surface area contributed by atoms with E-state index in [1.54, 1.807) is 6.07 Å². The lowest BCUT2D eigenvalue weighted by molar-refractivity contribution is 0.102. The van der Waals surface area contributed by atoms with Gasteiger partial charge in [0.15, 0.2) is 11.5 Å². The fraction of sp³-hybridized carbons (Fsp3) is 0.389. The van der Waals surface area contributed by atoms with Gasteiger partial charge in [0.1, 0.15) is 0 Å². The highest BCUT2D eigenvalue weighted by Crippen LogP contribution is 2.17. The zero-order valence-corrected chi connectivity index (χ0v) is 16.4. The second-order valence-electron chi connectivity index (χ2n) is 5.91. The number of nitrogens with zero attached hydrogens (tertiary/aromatic N) is 3. The van der Waals surface area contributed by atoms with Crippen molar-refractivity contribution in [2.75, 3.05) is 29.9 Å². The van der Waals surface area contributed by atoms with Gasteiger partial charge in [-0.15, -0.1) is 35.0 Å². The van der Waals surface area contributed by atoms with Crippen molar-refractivity contribution in [1.29, 1.82) is 0 Å². The smallest absolute Gasteiger partial charge is 0.276 e. The van der Waals surface area contributed by atoms with Crippen LogP contribution in [0, 0.1) is 0 Å². The molecule has 1 aliphatic heterocycles. The largest absolute Gasteiger partial charge is 0.355 e. The van der Waals surface area contributed by atoms with E-state index in [-0.39, 0.29) is 30.7 Å². The topological polar surface area (TPSA) is 70.2 Å². The number of halogens is 2. The molecule has 0 aliphatic carbocycles. The minimum Gasteiger partial charge on any atom is -0.355 e. The summed E-state index contributed by atoms with van der Waals surface area (Å²) in [5, 5.41) is 14.4. The Bertz CT molecular complexity index is 690. The van der Waals surface area contributed by atoms with Crippen molar-refractivity contribution < 1.29 is 4.79 Å². The second-order valence-corrected chi connectivity index (χ2v) is 5.91. The van der Waals surface area contributed by atoms with Crippen molar-refractivity contribution in [1.82, 2.24) is 15.5 Å². The molecule has 1 aliphatic rings. The first kappa shape index (κ1) is 22.2. The molecule has 0 radical (unpaired) electrons. The Morgan fingerprint density at radius 1 is 1.12 bits per heavy atom. The van der Waals surface area contributed by atoms with Crippen LogP contribution in [-0.4, -0.2) is 35.7 Å². The minimum absolute atomic E-state index is 0. The van der Waals surface area contributed by atoms with E-state index < -0.39 is 0 Å². The lowest BCUT2D eigenvalue weighted by atomic mass is 10.2. The summed E-state index contributed by atoms with van der Waals surface area (Å²) in [5.41, 5.74) is 2.22. The molecule has 2 N–H and O–H groups in total. The number of carbonyl (C=O) groups excluding carboxylic acids is 1. The molecule has 1 saturated heterocycles. The number of aromatic nitrogens is 2. The highest BCUT2D eigenvalue weighted by Gasteiger charge is 2.15. The lowest BCUT2D eigenvalue weighted by Gasteiger charge is -2.15. The van der Waals surface area contributed by atoms with E-state index in [1.165, 1.54) is 12.8 Å². The van der Waals surface area contributed by atoms with Gasteiger partial charge in [0.05, 0.1) is 0 Å². The number of nitrogens with one attached hydrogen (secondary N) is 2. The number of anilines is 2. The lowest BCUT2D eigenvalue weighted by Crippen LogP contribution is -2.21. The number of hydrogen-bond donors (Lipinski definition) is 2. The maximum absolute atomic E-state index is 12.3. The van der Waals surface area contributed by atoms with E-state index in [1.807, 2.05) is 30.3 Å². The van der Waals surface area contributed by atoms with Gasteiger partial charge in [-0.2, -0.15) is 0 Å². The van der Waals surface area contributed by atoms with Gasteiger partial charge in [-0.1, -0.05) is 19.1 Å². The number of carbonyl (C=O) groups is 1. The molecule has 0 saturated carbocycles. The monoisotopic (exact) mass is 397 g/mol. The summed E-state index contributed by atoms with van der Waals surface area (Å²) < 4.78 is 0. The molecule has 0 atom stereocenters. The van der Waals surface area contributed by atoms with Crippen LogP contribution in [0.5, 0.6) is 0 Å². The Hall–Kier alpha value is -1.89. The summed E-state index contributed by atoms with van der Waals surface area (Å²) in [5.74, 6) is 0.604. The fourth-order valence-electron chi connectivity index (χ4n) is 2.78. The standard InChI is InChI=1S/C18H23N5O.2ClH/c1-2-19-13-14-6-5-7-15(12-14)20-18(24)16-8-9-17(22-21-16)23-10-3-4-11-23;;/h5-9,12,19H,2-4,10-11,13H2,1H3,(H,20,24);2*1H. The summed E-state index contributed by atoms with van der Waals surface area (Å²) in [6, 6.07) is 11.4. The Morgan fingerprint density at radius 3 is 2.54 bits per heavy atom. The van der Waals surface area contributed by atoms with Crippen molar-refractivity contribution in [2.45, 2.75) is 26.3 Å². The van der Waals surface area contributed by atoms with Gasteiger partial charge < -0.3 is 15.5 Å². The molecule has 6 nitrogen and oxygen atoms in total. The van der Waals surface area contributed by atoms with Gasteiger partial charge in [0.2, 0.25) is 0 Å². The first-order chi connectivity index (χ1) is 11.8. The number of benzene rings is 1. The van der Waals surface area contributed by atoms with Crippen LogP contribution in [0.15, 0.2) is 36.4 Å². The van der Waals surface area contributed by atoms with E-state index >= 15 is 0 Å². The summed E-state index contributed by atoms with van der Waals surface area (Å²) in [7, 11) is 0. The Kier molecular flexibility index (Phi) is 9.34. The first-order valence-electron chi connectivity index (χ1n) is 8.46. The summed E-state index contributed by atoms with van der Waals surface area (Å²) >= 11 is 0. The van der Waals surface area contributed by atoms with E-state index in [0.29, 0.717) is 5.69 Å². The predicted molar refractivity (Wildman–Crippen MR) is 110 cm³/mol. The first-order valence-corrected chi connectivity index (χ1v) is 8.46. The maximum atomic E-state index is 12.3. The van der Waals surface area contributed by atoms with Crippen molar-refractivity contribution in [3.8, 4) is 0 Å². The molecule has 142 valence electrons. The van der Waals surface area contributed by atoms with Crippen LogP contribution in [-0.2, 0) is 6.54 Å². The van der Waals surface area contributed by atoms with Gasteiger partial charge in [0, 0.05) is 25.3 Å². The van der Waals surface area contributed by atoms with Crippen LogP contribution in [0.25, 0.3) is 0 Å². The molecule has 0 unspecified atom stereocenters. The van der Waals surface area contributed by atoms with Crippen LogP contribution in [0.3, 0.4) is 0 Å². The quantitative estimate of drug-likeness (QED) is 0.782. The number of hydrogen-bond acceptors (Lipinski definition) is 5. The highest BCUT2D eigenvalue weighted by molar-refractivity contribution is 6.02. The third-order valence-corrected chi connectivity index (χ3v) is 4.08. The molecule has 8 heteroatoms. The summed E-state index contributed by atoms with van der Waals surface area (Å²) in [4.78, 5) is 14.5. The van der Waals surface area contributed by atoms with Gasteiger partial charge in [-0.3, -0.25) is 4.79 Å². The Morgan fingerprint density at radius 2 is 1.88 bits per heavy atom.